The number of carboxylic acid groups (broad SMARTS) is 2. The molecule has 3 saturated heterocycles. The fraction of sp³-hybridized carbons (Fsp3) is 0.680. The Labute approximate surface area is 202 Å². The van der Waals surface area contributed by atoms with E-state index in [9.17, 15) is 5.11 Å². The molecule has 192 valence electrons. The zero-order valence-electron chi connectivity index (χ0n) is 20.2. The molecule has 3 fully saturated rings. The number of carbonyl (C=O) groups is 2. The van der Waals surface area contributed by atoms with Crippen LogP contribution in [0.1, 0.15) is 44.6 Å². The van der Waals surface area contributed by atoms with E-state index < -0.39 is 0 Å². The average molecular weight is 481 g/mol. The van der Waals surface area contributed by atoms with Gasteiger partial charge in [-0.2, -0.15) is 0 Å². The number of ether oxygens (including phenoxy) is 2. The van der Waals surface area contributed by atoms with Crippen LogP contribution in [0.25, 0.3) is 0 Å². The maximum absolute atomic E-state index is 10.1. The Kier molecular flexibility index (Phi) is 12.3. The van der Waals surface area contributed by atoms with E-state index in [1.165, 1.54) is 18.4 Å². The molecule has 0 radical (unpaired) electrons. The van der Waals surface area contributed by atoms with E-state index >= 15 is 0 Å². The van der Waals surface area contributed by atoms with Gasteiger partial charge >= 0.3 is 0 Å². The summed E-state index contributed by atoms with van der Waals surface area (Å²) in [5.41, 5.74) is 1.40. The van der Waals surface area contributed by atoms with Crippen LogP contribution >= 0.6 is 0 Å². The third-order valence-electron chi connectivity index (χ3n) is 7.32. The highest BCUT2D eigenvalue weighted by Crippen LogP contribution is 2.52. The zero-order chi connectivity index (χ0) is 24.8. The molecule has 3 N–H and O–H groups in total. The smallest absolute Gasteiger partial charge is 0.290 e. The molecule has 1 aromatic carbocycles. The van der Waals surface area contributed by atoms with Gasteiger partial charge in [0.15, 0.2) is 0 Å². The van der Waals surface area contributed by atoms with E-state index in [2.05, 4.69) is 41.0 Å². The van der Waals surface area contributed by atoms with Crippen LogP contribution in [0.2, 0.25) is 0 Å². The normalized spacial score (nSPS) is 26.1. The highest BCUT2D eigenvalue weighted by Gasteiger charge is 2.54. The van der Waals surface area contributed by atoms with Crippen molar-refractivity contribution >= 4 is 12.9 Å². The van der Waals surface area contributed by atoms with E-state index in [-0.39, 0.29) is 18.4 Å². The first-order valence-electron chi connectivity index (χ1n) is 12.1. The molecule has 3 heterocycles. The van der Waals surface area contributed by atoms with Gasteiger partial charge in [-0.1, -0.05) is 25.1 Å². The number of morpholine rings is 1. The number of hydrogen-bond donors (Lipinski definition) is 3. The van der Waals surface area contributed by atoms with Crippen molar-refractivity contribution in [2.45, 2.75) is 57.7 Å². The fourth-order valence-electron chi connectivity index (χ4n) is 5.59. The molecule has 3 aliphatic heterocycles. The highest BCUT2D eigenvalue weighted by molar-refractivity contribution is 5.34. The largest absolute Gasteiger partial charge is 0.493 e. The minimum Gasteiger partial charge on any atom is -0.493 e. The monoisotopic (exact) mass is 480 g/mol. The van der Waals surface area contributed by atoms with E-state index in [1.807, 2.05) is 0 Å². The first-order chi connectivity index (χ1) is 16.6. The summed E-state index contributed by atoms with van der Waals surface area (Å²) in [6.45, 7) is 8.63. The number of nitrogens with zero attached hydrogens (tertiary/aromatic N) is 2. The minimum atomic E-state index is -0.250. The number of benzene rings is 1. The molecule has 9 heteroatoms. The summed E-state index contributed by atoms with van der Waals surface area (Å²) in [4.78, 5) is 21.8. The average Bonchev–Trinajstić information content (AvgIpc) is 3.39. The van der Waals surface area contributed by atoms with E-state index in [1.54, 1.807) is 0 Å². The minimum absolute atomic E-state index is 0.108. The molecule has 1 aromatic rings. The summed E-state index contributed by atoms with van der Waals surface area (Å²) < 4.78 is 11.6. The molecule has 0 unspecified atom stereocenters. The van der Waals surface area contributed by atoms with Crippen LogP contribution in [0.15, 0.2) is 24.3 Å². The molecule has 34 heavy (non-hydrogen) atoms. The second kappa shape index (κ2) is 14.9. The van der Waals surface area contributed by atoms with Gasteiger partial charge in [-0.3, -0.25) is 19.4 Å². The number of hydrogen-bond acceptors (Lipinski definition) is 7. The van der Waals surface area contributed by atoms with E-state index in [4.69, 9.17) is 29.3 Å². The topological polar surface area (TPSA) is 120 Å². The molecule has 0 amide bonds. The lowest BCUT2D eigenvalue weighted by Crippen LogP contribution is -2.39. The Balaban J connectivity index is 0.000000618. The van der Waals surface area contributed by atoms with Gasteiger partial charge in [0.2, 0.25) is 0 Å². The van der Waals surface area contributed by atoms with Gasteiger partial charge in [0.1, 0.15) is 5.75 Å². The predicted molar refractivity (Wildman–Crippen MR) is 128 cm³/mol. The van der Waals surface area contributed by atoms with Crippen molar-refractivity contribution in [2.75, 3.05) is 46.1 Å². The van der Waals surface area contributed by atoms with Crippen molar-refractivity contribution in [1.82, 2.24) is 9.80 Å². The zero-order valence-corrected chi connectivity index (χ0v) is 20.2. The van der Waals surface area contributed by atoms with E-state index in [0.29, 0.717) is 18.7 Å². The molecule has 3 aliphatic rings. The number of para-hydroxylation sites is 1. The Morgan fingerprint density at radius 2 is 1.82 bits per heavy atom. The molecule has 0 aromatic heterocycles. The molecule has 2 bridgehead atoms. The summed E-state index contributed by atoms with van der Waals surface area (Å²) in [6.07, 6.45) is 5.76. The molecule has 3 atom stereocenters. The number of aliphatic hydroxyl groups is 1. The van der Waals surface area contributed by atoms with Gasteiger partial charge in [-0.05, 0) is 38.2 Å². The van der Waals surface area contributed by atoms with Gasteiger partial charge in [0, 0.05) is 49.2 Å². The summed E-state index contributed by atoms with van der Waals surface area (Å²) >= 11 is 0. The van der Waals surface area contributed by atoms with Crippen molar-refractivity contribution in [3.05, 3.63) is 29.8 Å². The third kappa shape index (κ3) is 7.40. The predicted octanol–water partition coefficient (Wildman–Crippen LogP) is 2.31. The van der Waals surface area contributed by atoms with Crippen molar-refractivity contribution in [2.24, 2.45) is 5.41 Å². The van der Waals surface area contributed by atoms with Crippen LogP contribution in [0.5, 0.6) is 5.75 Å². The van der Waals surface area contributed by atoms with Gasteiger partial charge in [0.25, 0.3) is 12.9 Å². The first-order valence-corrected chi connectivity index (χ1v) is 12.1. The van der Waals surface area contributed by atoms with Crippen molar-refractivity contribution in [3.63, 3.8) is 0 Å². The Hall–Kier alpha value is -2.20. The second-order valence-corrected chi connectivity index (χ2v) is 8.97. The van der Waals surface area contributed by atoms with E-state index in [0.717, 1.165) is 71.0 Å². The van der Waals surface area contributed by atoms with Gasteiger partial charge in [-0.25, -0.2) is 0 Å². The molecule has 0 aliphatic carbocycles. The van der Waals surface area contributed by atoms with Crippen LogP contribution in [-0.2, 0) is 20.9 Å². The van der Waals surface area contributed by atoms with Gasteiger partial charge in [-0.15, -0.1) is 0 Å². The molecular weight excluding hydrogens is 440 g/mol. The maximum Gasteiger partial charge on any atom is 0.290 e. The molecule has 0 spiro atoms. The van der Waals surface area contributed by atoms with Crippen molar-refractivity contribution in [1.29, 1.82) is 0 Å². The van der Waals surface area contributed by atoms with Crippen LogP contribution in [-0.4, -0.2) is 96.2 Å². The maximum atomic E-state index is 10.1. The first kappa shape index (κ1) is 28.0. The molecule has 9 nitrogen and oxygen atoms in total. The molecule has 0 saturated carbocycles. The lowest BCUT2D eigenvalue weighted by molar-refractivity contribution is -0.123. The van der Waals surface area contributed by atoms with Crippen LogP contribution < -0.4 is 4.74 Å². The van der Waals surface area contributed by atoms with Gasteiger partial charge < -0.3 is 24.8 Å². The van der Waals surface area contributed by atoms with Crippen LogP contribution in [0.3, 0.4) is 0 Å². The van der Waals surface area contributed by atoms with Crippen molar-refractivity contribution < 1.29 is 34.4 Å². The SMILES string of the molecule is CC[C@@]1(CO)C[C@@H]2CC[C@H]1N2Cc1ccccc1OCCCN1CCOCC1.O=CO.O=CO. The standard InChI is InChI=1S/C23H36N2O3.2CH2O2/c1-2-23(18-26)16-20-8-9-22(23)25(20)17-19-6-3-4-7-21(19)28-13-5-10-24-11-14-27-15-12-24;2*2-1-3/h3-4,6-7,20,22,26H,2,5,8-18H2,1H3;2*1H,(H,2,3)/t20-,22+,23-;;/m0../s1. The second-order valence-electron chi connectivity index (χ2n) is 8.97. The Morgan fingerprint density at radius 3 is 2.44 bits per heavy atom. The highest BCUT2D eigenvalue weighted by atomic mass is 16.5. The Bertz CT molecular complexity index is 717. The Morgan fingerprint density at radius 1 is 1.15 bits per heavy atom. The fourth-order valence-corrected chi connectivity index (χ4v) is 5.59. The number of aliphatic hydroxyl groups excluding tert-OH is 1. The lowest BCUT2D eigenvalue weighted by Gasteiger charge is -2.35. The lowest BCUT2D eigenvalue weighted by atomic mass is 9.72. The molecule has 4 rings (SSSR count). The third-order valence-corrected chi connectivity index (χ3v) is 7.32. The number of fused-ring (bicyclic) bond motifs is 2. The van der Waals surface area contributed by atoms with Crippen LogP contribution in [0.4, 0.5) is 0 Å². The van der Waals surface area contributed by atoms with Gasteiger partial charge in [0.05, 0.1) is 26.4 Å². The van der Waals surface area contributed by atoms with Crippen LogP contribution in [0, 0.1) is 5.41 Å². The number of rotatable bonds is 9. The summed E-state index contributed by atoms with van der Waals surface area (Å²) in [5, 5.41) is 23.8. The summed E-state index contributed by atoms with van der Waals surface area (Å²) in [6, 6.07) is 9.65. The van der Waals surface area contributed by atoms with Crippen molar-refractivity contribution in [3.8, 4) is 5.75 Å². The molecular formula is C25H40N2O7. The summed E-state index contributed by atoms with van der Waals surface area (Å²) in [7, 11) is 0. The quantitative estimate of drug-likeness (QED) is 0.361. The summed E-state index contributed by atoms with van der Waals surface area (Å²) in [5.74, 6) is 1.03.